The molecule has 0 amide bonds. The van der Waals surface area contributed by atoms with Crippen LogP contribution in [0.5, 0.6) is 0 Å². The smallest absolute Gasteiger partial charge is 0.354 e. The van der Waals surface area contributed by atoms with E-state index in [1.54, 1.807) is 0 Å². The molecule has 0 bridgehead atoms. The van der Waals surface area contributed by atoms with E-state index in [2.05, 4.69) is 19.9 Å². The topological polar surface area (TPSA) is 92.8 Å². The largest absolute Gasteiger partial charge is 0.394 e. The lowest BCUT2D eigenvalue weighted by molar-refractivity contribution is -0.0250. The van der Waals surface area contributed by atoms with E-state index >= 15 is 0 Å². The van der Waals surface area contributed by atoms with Gasteiger partial charge in [0.15, 0.2) is 0 Å². The minimum Gasteiger partial charge on any atom is -0.394 e. The van der Waals surface area contributed by atoms with Crippen LogP contribution in [0.4, 0.5) is 5.95 Å². The van der Waals surface area contributed by atoms with Crippen LogP contribution >= 0.6 is 0 Å². The third-order valence-electron chi connectivity index (χ3n) is 4.13. The van der Waals surface area contributed by atoms with Crippen LogP contribution in [-0.4, -0.2) is 56.7 Å². The van der Waals surface area contributed by atoms with Crippen molar-refractivity contribution < 1.29 is 9.84 Å². The van der Waals surface area contributed by atoms with E-state index in [1.807, 2.05) is 7.05 Å². The Morgan fingerprint density at radius 3 is 3.00 bits per heavy atom. The molecule has 2 saturated heterocycles. The lowest BCUT2D eigenvalue weighted by atomic mass is 10.1. The van der Waals surface area contributed by atoms with Crippen molar-refractivity contribution in [3.8, 4) is 0 Å². The first-order valence-corrected chi connectivity index (χ1v) is 7.67. The van der Waals surface area contributed by atoms with Crippen molar-refractivity contribution in [3.63, 3.8) is 0 Å². The van der Waals surface area contributed by atoms with E-state index in [-0.39, 0.29) is 18.7 Å². The van der Waals surface area contributed by atoms with Crippen molar-refractivity contribution in [1.82, 2.24) is 19.4 Å². The first-order valence-electron chi connectivity index (χ1n) is 7.67. The highest BCUT2D eigenvalue weighted by molar-refractivity contribution is 5.84. The standard InChI is InChI=1S/C14H21N5O3/c1-18-7-3-2-4-11(18)16-13-15-9-19(14(21)17-13)12-6-5-10(8-20)22-12/h9-10,12,20H,2-8H2,1H3/t10-,12+/m0/s1. The number of hydrogen-bond donors (Lipinski definition) is 1. The van der Waals surface area contributed by atoms with Crippen molar-refractivity contribution in [2.24, 2.45) is 4.99 Å². The van der Waals surface area contributed by atoms with E-state index in [9.17, 15) is 4.79 Å². The molecule has 1 aromatic rings. The van der Waals surface area contributed by atoms with Crippen molar-refractivity contribution in [2.75, 3.05) is 20.2 Å². The van der Waals surface area contributed by atoms with Gasteiger partial charge in [0.1, 0.15) is 18.4 Å². The maximum Gasteiger partial charge on any atom is 0.354 e. The van der Waals surface area contributed by atoms with Gasteiger partial charge in [-0.15, -0.1) is 0 Å². The Bertz CT molecular complexity index is 615. The van der Waals surface area contributed by atoms with Crippen LogP contribution in [0, 0.1) is 0 Å². The molecule has 2 fully saturated rings. The molecule has 3 heterocycles. The predicted octanol–water partition coefficient (Wildman–Crippen LogP) is 0.454. The van der Waals surface area contributed by atoms with Gasteiger partial charge in [0.2, 0.25) is 0 Å². The van der Waals surface area contributed by atoms with E-state index in [0.717, 1.165) is 38.1 Å². The van der Waals surface area contributed by atoms with Gasteiger partial charge in [-0.1, -0.05) is 0 Å². The zero-order valence-corrected chi connectivity index (χ0v) is 12.7. The summed E-state index contributed by atoms with van der Waals surface area (Å²) < 4.78 is 6.94. The van der Waals surface area contributed by atoms with Crippen LogP contribution in [0.1, 0.15) is 38.3 Å². The van der Waals surface area contributed by atoms with Crippen molar-refractivity contribution in [3.05, 3.63) is 16.8 Å². The number of rotatable bonds is 3. The number of ether oxygens (including phenoxy) is 1. The van der Waals surface area contributed by atoms with Gasteiger partial charge in [-0.25, -0.2) is 9.78 Å². The molecule has 22 heavy (non-hydrogen) atoms. The SMILES string of the molecule is CN1CCCCC1=Nc1ncn([C@H]2CC[C@@H](CO)O2)c(=O)n1. The summed E-state index contributed by atoms with van der Waals surface area (Å²) in [6.07, 6.45) is 5.35. The molecule has 0 aliphatic carbocycles. The summed E-state index contributed by atoms with van der Waals surface area (Å²) in [7, 11) is 1.99. The number of amidine groups is 1. The molecule has 0 spiro atoms. The van der Waals surface area contributed by atoms with Gasteiger partial charge in [0.25, 0.3) is 5.95 Å². The molecule has 0 aromatic carbocycles. The molecule has 8 nitrogen and oxygen atoms in total. The summed E-state index contributed by atoms with van der Waals surface area (Å²) in [5, 5.41) is 9.09. The molecular formula is C14H21N5O3. The van der Waals surface area contributed by atoms with Crippen LogP contribution in [0.15, 0.2) is 16.1 Å². The average molecular weight is 307 g/mol. The lowest BCUT2D eigenvalue weighted by Crippen LogP contribution is -2.32. The van der Waals surface area contributed by atoms with Crippen LogP contribution in [0.2, 0.25) is 0 Å². The fourth-order valence-electron chi connectivity index (χ4n) is 2.82. The van der Waals surface area contributed by atoms with Crippen molar-refractivity contribution in [1.29, 1.82) is 0 Å². The third-order valence-corrected chi connectivity index (χ3v) is 4.13. The number of hydrogen-bond acceptors (Lipinski definition) is 6. The number of nitrogens with zero attached hydrogens (tertiary/aromatic N) is 5. The molecule has 1 aromatic heterocycles. The number of likely N-dealkylation sites (tertiary alicyclic amines) is 1. The minimum atomic E-state index is -0.420. The van der Waals surface area contributed by atoms with Crippen molar-refractivity contribution >= 4 is 11.8 Å². The van der Waals surface area contributed by atoms with Crippen LogP contribution < -0.4 is 5.69 Å². The van der Waals surface area contributed by atoms with Gasteiger partial charge in [-0.3, -0.25) is 4.57 Å². The Labute approximate surface area is 128 Å². The average Bonchev–Trinajstić information content (AvgIpc) is 2.98. The Kier molecular flexibility index (Phi) is 4.49. The molecule has 0 unspecified atom stereocenters. The summed E-state index contributed by atoms with van der Waals surface area (Å²) in [4.78, 5) is 26.7. The fraction of sp³-hybridized carbons (Fsp3) is 0.714. The van der Waals surface area contributed by atoms with Gasteiger partial charge in [-0.2, -0.15) is 9.98 Å². The van der Waals surface area contributed by atoms with E-state index in [1.165, 1.54) is 10.9 Å². The monoisotopic (exact) mass is 307 g/mol. The zero-order valence-electron chi connectivity index (χ0n) is 12.7. The van der Waals surface area contributed by atoms with Crippen LogP contribution in [-0.2, 0) is 4.74 Å². The van der Waals surface area contributed by atoms with Crippen molar-refractivity contribution in [2.45, 2.75) is 44.4 Å². The lowest BCUT2D eigenvalue weighted by Gasteiger charge is -2.25. The molecule has 2 aliphatic heterocycles. The molecule has 3 rings (SSSR count). The summed E-state index contributed by atoms with van der Waals surface area (Å²) in [5.41, 5.74) is -0.420. The quantitative estimate of drug-likeness (QED) is 0.872. The van der Waals surface area contributed by atoms with Gasteiger partial charge in [-0.05, 0) is 25.7 Å². The Balaban J connectivity index is 1.78. The Morgan fingerprint density at radius 2 is 2.32 bits per heavy atom. The van der Waals surface area contributed by atoms with Crippen LogP contribution in [0.25, 0.3) is 0 Å². The first kappa shape index (κ1) is 15.1. The maximum atomic E-state index is 12.1. The summed E-state index contributed by atoms with van der Waals surface area (Å²) in [6, 6.07) is 0. The highest BCUT2D eigenvalue weighted by Gasteiger charge is 2.27. The first-order chi connectivity index (χ1) is 10.7. The van der Waals surface area contributed by atoms with E-state index < -0.39 is 11.9 Å². The Morgan fingerprint density at radius 1 is 1.45 bits per heavy atom. The number of aliphatic hydroxyl groups excluding tert-OH is 1. The molecule has 120 valence electrons. The van der Waals surface area contributed by atoms with E-state index in [0.29, 0.717) is 6.42 Å². The molecule has 8 heteroatoms. The zero-order chi connectivity index (χ0) is 15.5. The second kappa shape index (κ2) is 6.53. The molecule has 1 N–H and O–H groups in total. The van der Waals surface area contributed by atoms with Gasteiger partial charge >= 0.3 is 5.69 Å². The summed E-state index contributed by atoms with van der Waals surface area (Å²) >= 11 is 0. The fourth-order valence-corrected chi connectivity index (χ4v) is 2.82. The normalized spacial score (nSPS) is 27.5. The van der Waals surface area contributed by atoms with Gasteiger partial charge < -0.3 is 14.7 Å². The summed E-state index contributed by atoms with van der Waals surface area (Å²) in [5.74, 6) is 1.11. The number of aliphatic imine (C=N–C) groups is 1. The number of aromatic nitrogens is 3. The highest BCUT2D eigenvalue weighted by atomic mass is 16.5. The van der Waals surface area contributed by atoms with Crippen LogP contribution in [0.3, 0.4) is 0 Å². The van der Waals surface area contributed by atoms with Gasteiger partial charge in [0, 0.05) is 20.0 Å². The molecule has 0 radical (unpaired) electrons. The number of aliphatic hydroxyl groups is 1. The van der Waals surface area contributed by atoms with Gasteiger partial charge in [0.05, 0.1) is 12.7 Å². The second-order valence-electron chi connectivity index (χ2n) is 5.73. The molecule has 2 aliphatic rings. The highest BCUT2D eigenvalue weighted by Crippen LogP contribution is 2.26. The second-order valence-corrected chi connectivity index (χ2v) is 5.73. The Hall–Kier alpha value is -1.80. The maximum absolute atomic E-state index is 12.1. The molecule has 2 atom stereocenters. The predicted molar refractivity (Wildman–Crippen MR) is 80.1 cm³/mol. The number of piperidine rings is 1. The summed E-state index contributed by atoms with van der Waals surface area (Å²) in [6.45, 7) is 0.929. The molecular weight excluding hydrogens is 286 g/mol. The molecule has 0 saturated carbocycles. The third kappa shape index (κ3) is 3.17. The minimum absolute atomic E-state index is 0.0375. The van der Waals surface area contributed by atoms with E-state index in [4.69, 9.17) is 9.84 Å².